The van der Waals surface area contributed by atoms with Crippen molar-refractivity contribution in [2.45, 2.75) is 19.0 Å². The molecule has 0 aromatic heterocycles. The summed E-state index contributed by atoms with van der Waals surface area (Å²) in [4.78, 5) is 14.2. The Bertz CT molecular complexity index is 969. The van der Waals surface area contributed by atoms with Crippen LogP contribution in [0.1, 0.15) is 24.0 Å². The lowest BCUT2D eigenvalue weighted by atomic mass is 10.1. The molecule has 5 nitrogen and oxygen atoms in total. The molecule has 0 atom stereocenters. The molecule has 1 aliphatic rings. The van der Waals surface area contributed by atoms with E-state index in [0.29, 0.717) is 11.4 Å². The van der Waals surface area contributed by atoms with Gasteiger partial charge in [-0.3, -0.25) is 10.1 Å². The lowest BCUT2D eigenvalue weighted by Gasteiger charge is -2.23. The molecule has 0 aliphatic carbocycles. The molecule has 1 fully saturated rings. The van der Waals surface area contributed by atoms with Crippen LogP contribution in [0.15, 0.2) is 48.5 Å². The predicted octanol–water partition coefficient (Wildman–Crippen LogP) is 4.84. The smallest absolute Gasteiger partial charge is 0.416 e. The number of carbonyl (C=O) groups is 1. The van der Waals surface area contributed by atoms with E-state index < -0.39 is 17.6 Å². The lowest BCUT2D eigenvalue weighted by molar-refractivity contribution is -0.137. The number of alkyl halides is 3. The van der Waals surface area contributed by atoms with E-state index in [9.17, 15) is 18.0 Å². The maximum Gasteiger partial charge on any atom is 0.416 e. The Kier molecular flexibility index (Phi) is 7.17. The Labute approximate surface area is 183 Å². The van der Waals surface area contributed by atoms with Crippen molar-refractivity contribution in [3.8, 4) is 5.75 Å². The summed E-state index contributed by atoms with van der Waals surface area (Å²) >= 11 is 5.15. The van der Waals surface area contributed by atoms with Crippen LogP contribution < -0.4 is 20.3 Å². The van der Waals surface area contributed by atoms with Crippen molar-refractivity contribution in [1.82, 2.24) is 5.32 Å². The van der Waals surface area contributed by atoms with E-state index in [4.69, 9.17) is 17.0 Å². The van der Waals surface area contributed by atoms with Crippen molar-refractivity contribution in [2.24, 2.45) is 0 Å². The van der Waals surface area contributed by atoms with E-state index in [1.165, 1.54) is 12.1 Å². The Morgan fingerprint density at radius 1 is 1.13 bits per heavy atom. The maximum absolute atomic E-state index is 13.2. The van der Waals surface area contributed by atoms with Crippen LogP contribution in [-0.2, 0) is 11.0 Å². The lowest BCUT2D eigenvalue weighted by Crippen LogP contribution is -2.33. The highest BCUT2D eigenvalue weighted by Gasteiger charge is 2.31. The van der Waals surface area contributed by atoms with Gasteiger partial charge in [0.2, 0.25) is 5.91 Å². The Balaban J connectivity index is 1.69. The Hall–Kier alpha value is -3.07. The number of benzene rings is 2. The quantitative estimate of drug-likeness (QED) is 0.505. The van der Waals surface area contributed by atoms with Gasteiger partial charge in [0, 0.05) is 19.2 Å². The molecule has 2 N–H and O–H groups in total. The van der Waals surface area contributed by atoms with Gasteiger partial charge in [-0.2, -0.15) is 13.2 Å². The summed E-state index contributed by atoms with van der Waals surface area (Å²) in [5.41, 5.74) is 0.826. The molecule has 2 aromatic rings. The van der Waals surface area contributed by atoms with Gasteiger partial charge in [0.25, 0.3) is 0 Å². The zero-order valence-corrected chi connectivity index (χ0v) is 17.6. The van der Waals surface area contributed by atoms with Crippen LogP contribution in [0.3, 0.4) is 0 Å². The molecule has 31 heavy (non-hydrogen) atoms. The summed E-state index contributed by atoms with van der Waals surface area (Å²) in [6.07, 6.45) is 0.349. The first-order valence-electron chi connectivity index (χ1n) is 9.66. The SMILES string of the molecule is COc1ccc(/C=C/C(=O)NC(=S)Nc2cc(C(F)(F)F)ccc2N2CCCC2)cc1. The van der Waals surface area contributed by atoms with Gasteiger partial charge in [0.15, 0.2) is 5.11 Å². The van der Waals surface area contributed by atoms with Gasteiger partial charge >= 0.3 is 6.18 Å². The Morgan fingerprint density at radius 2 is 1.81 bits per heavy atom. The van der Waals surface area contributed by atoms with Crippen molar-refractivity contribution in [3.63, 3.8) is 0 Å². The van der Waals surface area contributed by atoms with E-state index in [2.05, 4.69) is 10.6 Å². The molecule has 1 amide bonds. The summed E-state index contributed by atoms with van der Waals surface area (Å²) in [5, 5.41) is 5.14. The van der Waals surface area contributed by atoms with E-state index in [1.54, 1.807) is 37.5 Å². The number of carbonyl (C=O) groups excluding carboxylic acids is 1. The molecule has 0 radical (unpaired) electrons. The molecule has 9 heteroatoms. The number of amides is 1. The number of hydrogen-bond acceptors (Lipinski definition) is 4. The third-order valence-corrected chi connectivity index (χ3v) is 5.00. The van der Waals surface area contributed by atoms with Gasteiger partial charge in [0.05, 0.1) is 24.0 Å². The number of anilines is 2. The standard InChI is InChI=1S/C22H22F3N3O2S/c1-30-17-8-4-15(5-9-17)6-11-20(29)27-21(31)26-18-14-16(22(23,24)25)7-10-19(18)28-12-2-3-13-28/h4-11,14H,2-3,12-13H2,1H3,(H2,26,27,29,31)/b11-6+. The minimum Gasteiger partial charge on any atom is -0.497 e. The van der Waals surface area contributed by atoms with E-state index in [0.717, 1.165) is 43.6 Å². The van der Waals surface area contributed by atoms with Gasteiger partial charge in [-0.1, -0.05) is 12.1 Å². The van der Waals surface area contributed by atoms with E-state index >= 15 is 0 Å². The molecule has 0 bridgehead atoms. The molecular weight excluding hydrogens is 427 g/mol. The van der Waals surface area contributed by atoms with Crippen LogP contribution in [0.2, 0.25) is 0 Å². The van der Waals surface area contributed by atoms with Gasteiger partial charge < -0.3 is 15.0 Å². The zero-order chi connectivity index (χ0) is 22.4. The largest absolute Gasteiger partial charge is 0.497 e. The molecule has 1 aliphatic heterocycles. The third-order valence-electron chi connectivity index (χ3n) is 4.80. The number of hydrogen-bond donors (Lipinski definition) is 2. The second-order valence-corrected chi connectivity index (χ2v) is 7.38. The second kappa shape index (κ2) is 9.82. The van der Waals surface area contributed by atoms with E-state index in [1.807, 2.05) is 4.90 Å². The monoisotopic (exact) mass is 449 g/mol. The van der Waals surface area contributed by atoms with Crippen molar-refractivity contribution in [2.75, 3.05) is 30.4 Å². The van der Waals surface area contributed by atoms with Gasteiger partial charge in [-0.15, -0.1) is 0 Å². The summed E-state index contributed by atoms with van der Waals surface area (Å²) in [6.45, 7) is 1.51. The van der Waals surface area contributed by atoms with Gasteiger partial charge in [0.1, 0.15) is 5.75 Å². The fourth-order valence-electron chi connectivity index (χ4n) is 3.24. The molecule has 0 unspecified atom stereocenters. The maximum atomic E-state index is 13.2. The van der Waals surface area contributed by atoms with Crippen molar-refractivity contribution < 1.29 is 22.7 Å². The summed E-state index contributed by atoms with van der Waals surface area (Å²) in [7, 11) is 1.56. The highest BCUT2D eigenvalue weighted by Crippen LogP contribution is 2.36. The topological polar surface area (TPSA) is 53.6 Å². The molecule has 0 saturated carbocycles. The molecule has 0 spiro atoms. The summed E-state index contributed by atoms with van der Waals surface area (Å²) in [5.74, 6) is 0.199. The molecule has 164 valence electrons. The molecular formula is C22H22F3N3O2S. The first-order valence-corrected chi connectivity index (χ1v) is 10.1. The van der Waals surface area contributed by atoms with Crippen LogP contribution in [0.25, 0.3) is 6.08 Å². The fraction of sp³-hybridized carbons (Fsp3) is 0.273. The van der Waals surface area contributed by atoms with E-state index in [-0.39, 0.29) is 10.8 Å². The number of thiocarbonyl (C=S) groups is 1. The van der Waals surface area contributed by atoms with Crippen LogP contribution >= 0.6 is 12.2 Å². The van der Waals surface area contributed by atoms with Crippen molar-refractivity contribution in [3.05, 3.63) is 59.7 Å². The number of methoxy groups -OCH3 is 1. The minimum absolute atomic E-state index is 0.0795. The first-order chi connectivity index (χ1) is 14.8. The highest BCUT2D eigenvalue weighted by molar-refractivity contribution is 7.80. The molecule has 1 heterocycles. The zero-order valence-electron chi connectivity index (χ0n) is 16.8. The number of nitrogens with zero attached hydrogens (tertiary/aromatic N) is 1. The first kappa shape index (κ1) is 22.6. The van der Waals surface area contributed by atoms with Crippen LogP contribution in [0, 0.1) is 0 Å². The Morgan fingerprint density at radius 3 is 2.42 bits per heavy atom. The van der Waals surface area contributed by atoms with Crippen LogP contribution in [0.4, 0.5) is 24.5 Å². The summed E-state index contributed by atoms with van der Waals surface area (Å²) < 4.78 is 44.6. The molecule has 2 aromatic carbocycles. The van der Waals surface area contributed by atoms with Gasteiger partial charge in [-0.05, 0) is 67.0 Å². The molecule has 3 rings (SSSR count). The fourth-order valence-corrected chi connectivity index (χ4v) is 3.45. The normalized spacial score (nSPS) is 14.0. The molecule has 1 saturated heterocycles. The summed E-state index contributed by atoms with van der Waals surface area (Å²) in [6, 6.07) is 10.6. The number of nitrogens with one attached hydrogen (secondary N) is 2. The van der Waals surface area contributed by atoms with Crippen LogP contribution in [0.5, 0.6) is 5.75 Å². The number of ether oxygens (including phenoxy) is 1. The average molecular weight is 449 g/mol. The van der Waals surface area contributed by atoms with Crippen molar-refractivity contribution >= 4 is 40.7 Å². The predicted molar refractivity (Wildman–Crippen MR) is 119 cm³/mol. The number of rotatable bonds is 5. The van der Waals surface area contributed by atoms with Gasteiger partial charge in [-0.25, -0.2) is 0 Å². The third kappa shape index (κ3) is 6.21. The average Bonchev–Trinajstić information content (AvgIpc) is 3.26. The van der Waals surface area contributed by atoms with Crippen molar-refractivity contribution in [1.29, 1.82) is 0 Å². The second-order valence-electron chi connectivity index (χ2n) is 6.97. The number of halogens is 3. The van der Waals surface area contributed by atoms with Crippen LogP contribution in [-0.4, -0.2) is 31.2 Å². The minimum atomic E-state index is -4.48. The highest BCUT2D eigenvalue weighted by atomic mass is 32.1.